The molecule has 2 aliphatic heterocycles. The number of aromatic nitrogens is 1. The van der Waals surface area contributed by atoms with E-state index >= 15 is 0 Å². The van der Waals surface area contributed by atoms with E-state index in [-0.39, 0.29) is 6.85 Å². The Labute approximate surface area is 211 Å². The highest BCUT2D eigenvalue weighted by atomic mass is 15.2. The van der Waals surface area contributed by atoms with Crippen molar-refractivity contribution < 1.29 is 0 Å². The number of aryl methyl sites for hydroxylation is 3. The number of nitrogens with zero attached hydrogens (tertiary/aromatic N) is 2. The highest BCUT2D eigenvalue weighted by Crippen LogP contribution is 2.44. The lowest BCUT2D eigenvalue weighted by Gasteiger charge is -2.40. The smallest absolute Gasteiger partial charge is 0.333 e. The number of para-hydroxylation sites is 2. The van der Waals surface area contributed by atoms with Crippen molar-refractivity contribution >= 4 is 56.6 Å². The van der Waals surface area contributed by atoms with Gasteiger partial charge < -0.3 is 9.38 Å². The van der Waals surface area contributed by atoms with Gasteiger partial charge in [0.25, 0.3) is 0 Å². The summed E-state index contributed by atoms with van der Waals surface area (Å²) in [5, 5.41) is 2.67. The summed E-state index contributed by atoms with van der Waals surface area (Å²) in [5.74, 6) is 0. The lowest BCUT2D eigenvalue weighted by Crippen LogP contribution is -2.56. The zero-order valence-corrected chi connectivity index (χ0v) is 20.7. The Morgan fingerprint density at radius 3 is 2.19 bits per heavy atom. The van der Waals surface area contributed by atoms with Gasteiger partial charge in [0.1, 0.15) is 0 Å². The summed E-state index contributed by atoms with van der Waals surface area (Å²) in [7, 11) is 0. The molecule has 0 aliphatic carbocycles. The van der Waals surface area contributed by atoms with E-state index in [0.29, 0.717) is 0 Å². The Morgan fingerprint density at radius 2 is 1.33 bits per heavy atom. The van der Waals surface area contributed by atoms with Crippen molar-refractivity contribution in [2.45, 2.75) is 20.8 Å². The highest BCUT2D eigenvalue weighted by Gasteiger charge is 2.42. The molecule has 3 heteroatoms. The molecule has 0 bridgehead atoms. The maximum Gasteiger partial charge on any atom is 0.333 e. The quantitative estimate of drug-likeness (QED) is 0.237. The van der Waals surface area contributed by atoms with Gasteiger partial charge in [-0.25, -0.2) is 0 Å². The summed E-state index contributed by atoms with van der Waals surface area (Å²) in [6.07, 6.45) is 0. The molecular formula is C33H25BN2. The molecule has 2 nitrogen and oxygen atoms in total. The molecule has 0 radical (unpaired) electrons. The van der Waals surface area contributed by atoms with Crippen LogP contribution in [0.1, 0.15) is 16.7 Å². The fraction of sp³-hybridized carbons (Fsp3) is 0.0909. The van der Waals surface area contributed by atoms with Gasteiger partial charge in [0, 0.05) is 44.4 Å². The van der Waals surface area contributed by atoms with Crippen molar-refractivity contribution in [3.8, 4) is 11.1 Å². The molecule has 36 heavy (non-hydrogen) atoms. The highest BCUT2D eigenvalue weighted by molar-refractivity contribution is 6.90. The molecule has 0 saturated carbocycles. The molecule has 5 aromatic carbocycles. The SMILES string of the molecule is Cc1cc(C)cc(N2c3ccc(C)cc3B3c4c(cccc42)-c2cccc4c5ccccc5n3c24)c1. The Hall–Kier alpha value is -4.24. The van der Waals surface area contributed by atoms with Crippen LogP contribution in [0.3, 0.4) is 0 Å². The molecule has 1 aromatic heterocycles. The summed E-state index contributed by atoms with van der Waals surface area (Å²) in [6, 6.07) is 36.4. The van der Waals surface area contributed by atoms with E-state index in [4.69, 9.17) is 0 Å². The van der Waals surface area contributed by atoms with Crippen LogP contribution < -0.4 is 15.8 Å². The average Bonchev–Trinajstić information content (AvgIpc) is 3.21. The van der Waals surface area contributed by atoms with E-state index in [1.54, 1.807) is 0 Å². The average molecular weight is 460 g/mol. The number of anilines is 3. The summed E-state index contributed by atoms with van der Waals surface area (Å²) < 4.78 is 2.61. The molecule has 8 rings (SSSR count). The number of benzene rings is 5. The molecule has 6 aromatic rings. The molecule has 170 valence electrons. The predicted octanol–water partition coefficient (Wildman–Crippen LogP) is 7.14. The van der Waals surface area contributed by atoms with Crippen LogP contribution in [0, 0.1) is 20.8 Å². The van der Waals surface area contributed by atoms with E-state index in [2.05, 4.69) is 127 Å². The maximum atomic E-state index is 2.61. The number of fused-ring (bicyclic) bond motifs is 7. The Kier molecular flexibility index (Phi) is 3.85. The lowest BCUT2D eigenvalue weighted by atomic mass is 9.45. The monoisotopic (exact) mass is 460 g/mol. The predicted molar refractivity (Wildman–Crippen MR) is 154 cm³/mol. The minimum atomic E-state index is 0.130. The molecule has 0 fully saturated rings. The van der Waals surface area contributed by atoms with Crippen molar-refractivity contribution in [1.82, 2.24) is 4.48 Å². The van der Waals surface area contributed by atoms with Crippen molar-refractivity contribution in [2.24, 2.45) is 0 Å². The first kappa shape index (κ1) is 20.0. The van der Waals surface area contributed by atoms with E-state index in [1.165, 1.54) is 77.6 Å². The largest absolute Gasteiger partial charge is 0.375 e. The first-order valence-electron chi connectivity index (χ1n) is 12.7. The van der Waals surface area contributed by atoms with Crippen molar-refractivity contribution in [3.05, 3.63) is 114 Å². The molecule has 0 N–H and O–H groups in total. The van der Waals surface area contributed by atoms with Crippen LogP contribution in [0.4, 0.5) is 17.1 Å². The number of rotatable bonds is 1. The van der Waals surface area contributed by atoms with Crippen molar-refractivity contribution in [3.63, 3.8) is 0 Å². The lowest BCUT2D eigenvalue weighted by molar-refractivity contribution is 1.23. The van der Waals surface area contributed by atoms with E-state index in [9.17, 15) is 0 Å². The normalized spacial score (nSPS) is 13.3. The third-order valence-electron chi connectivity index (χ3n) is 8.06. The van der Waals surface area contributed by atoms with Crippen LogP contribution in [0.15, 0.2) is 97.1 Å². The molecule has 3 heterocycles. The molecular weight excluding hydrogens is 435 g/mol. The third kappa shape index (κ3) is 2.47. The second-order valence-corrected chi connectivity index (χ2v) is 10.5. The van der Waals surface area contributed by atoms with Crippen LogP contribution in [-0.4, -0.2) is 11.3 Å². The Morgan fingerprint density at radius 1 is 0.583 bits per heavy atom. The van der Waals surface area contributed by atoms with E-state index < -0.39 is 0 Å². The van der Waals surface area contributed by atoms with Gasteiger partial charge in [-0.3, -0.25) is 0 Å². The second-order valence-electron chi connectivity index (χ2n) is 10.5. The molecule has 0 spiro atoms. The summed E-state index contributed by atoms with van der Waals surface area (Å²) >= 11 is 0. The number of hydrogen-bond donors (Lipinski definition) is 0. The zero-order chi connectivity index (χ0) is 24.1. The summed E-state index contributed by atoms with van der Waals surface area (Å²) in [4.78, 5) is 2.49. The number of hydrogen-bond acceptors (Lipinski definition) is 1. The summed E-state index contributed by atoms with van der Waals surface area (Å²) in [5.41, 5.74) is 15.7. The molecule has 0 amide bonds. The van der Waals surface area contributed by atoms with E-state index in [1.807, 2.05) is 0 Å². The van der Waals surface area contributed by atoms with Crippen LogP contribution in [0.25, 0.3) is 32.9 Å². The van der Waals surface area contributed by atoms with E-state index in [0.717, 1.165) is 0 Å². The molecule has 0 unspecified atom stereocenters. The zero-order valence-electron chi connectivity index (χ0n) is 20.7. The molecule has 2 aliphatic rings. The Bertz CT molecular complexity index is 1870. The second kappa shape index (κ2) is 6.92. The van der Waals surface area contributed by atoms with Gasteiger partial charge in [-0.05, 0) is 78.7 Å². The van der Waals surface area contributed by atoms with Crippen LogP contribution in [0.2, 0.25) is 0 Å². The van der Waals surface area contributed by atoms with Crippen molar-refractivity contribution in [2.75, 3.05) is 4.90 Å². The van der Waals surface area contributed by atoms with Gasteiger partial charge in [-0.1, -0.05) is 72.3 Å². The fourth-order valence-electron chi connectivity index (χ4n) is 6.82. The van der Waals surface area contributed by atoms with Crippen LogP contribution in [0.5, 0.6) is 0 Å². The maximum absolute atomic E-state index is 2.61. The Balaban J connectivity index is 1.56. The van der Waals surface area contributed by atoms with Gasteiger partial charge in [0.2, 0.25) is 0 Å². The van der Waals surface area contributed by atoms with Gasteiger partial charge in [-0.2, -0.15) is 0 Å². The topological polar surface area (TPSA) is 8.17 Å². The first-order chi connectivity index (χ1) is 17.6. The fourth-order valence-corrected chi connectivity index (χ4v) is 6.82. The van der Waals surface area contributed by atoms with Gasteiger partial charge in [0.05, 0.1) is 0 Å². The first-order valence-corrected chi connectivity index (χ1v) is 12.7. The summed E-state index contributed by atoms with van der Waals surface area (Å²) in [6.45, 7) is 6.73. The van der Waals surface area contributed by atoms with Crippen LogP contribution in [-0.2, 0) is 0 Å². The van der Waals surface area contributed by atoms with Gasteiger partial charge in [0.15, 0.2) is 0 Å². The third-order valence-corrected chi connectivity index (χ3v) is 8.06. The molecule has 0 atom stereocenters. The van der Waals surface area contributed by atoms with Crippen molar-refractivity contribution in [1.29, 1.82) is 0 Å². The van der Waals surface area contributed by atoms with Gasteiger partial charge >= 0.3 is 6.85 Å². The minimum absolute atomic E-state index is 0.130. The molecule has 0 saturated heterocycles. The van der Waals surface area contributed by atoms with Gasteiger partial charge in [-0.15, -0.1) is 0 Å². The standard InChI is InChI=1S/C33H25BN2/c1-20-14-15-30-28(19-20)34-32-25(9-7-13-31(32)35(30)23-17-21(2)16-22(3)18-23)27-11-6-10-26-24-8-4-5-12-29(24)36(34)33(26)27/h4-19H,1-3H3. The van der Waals surface area contributed by atoms with Crippen LogP contribution >= 0.6 is 0 Å². The minimum Gasteiger partial charge on any atom is -0.375 e.